The molecule has 4 nitrogen and oxygen atoms in total. The third-order valence-electron chi connectivity index (χ3n) is 2.70. The van der Waals surface area contributed by atoms with Gasteiger partial charge in [0.2, 0.25) is 0 Å². The number of nitrogens with one attached hydrogen (secondary N) is 2. The van der Waals surface area contributed by atoms with Gasteiger partial charge < -0.3 is 10.3 Å². The summed E-state index contributed by atoms with van der Waals surface area (Å²) in [6, 6.07) is 9.46. The Hall–Kier alpha value is -2.14. The van der Waals surface area contributed by atoms with Gasteiger partial charge in [-0.25, -0.2) is 4.98 Å². The van der Waals surface area contributed by atoms with Gasteiger partial charge in [-0.05, 0) is 17.5 Å². The summed E-state index contributed by atoms with van der Waals surface area (Å²) in [5.41, 5.74) is 2.68. The van der Waals surface area contributed by atoms with Crippen molar-refractivity contribution in [2.24, 2.45) is 0 Å². The Labute approximate surface area is 107 Å². The van der Waals surface area contributed by atoms with E-state index < -0.39 is 0 Å². The molecule has 3 aromatic rings. The number of rotatable bonds is 3. The summed E-state index contributed by atoms with van der Waals surface area (Å²) in [5, 5.41) is 6.78. The number of fused-ring (bicyclic) bond motifs is 1. The van der Waals surface area contributed by atoms with E-state index in [1.54, 1.807) is 16.8 Å². The van der Waals surface area contributed by atoms with Crippen molar-refractivity contribution in [3.63, 3.8) is 0 Å². The van der Waals surface area contributed by atoms with Crippen LogP contribution < -0.4 is 10.9 Å². The van der Waals surface area contributed by atoms with Gasteiger partial charge in [-0.15, -0.1) is 11.3 Å². The summed E-state index contributed by atoms with van der Waals surface area (Å²) in [7, 11) is 0. The van der Waals surface area contributed by atoms with Crippen LogP contribution in [0.2, 0.25) is 0 Å². The van der Waals surface area contributed by atoms with Crippen LogP contribution in [0.4, 0.5) is 5.82 Å². The Morgan fingerprint density at radius 2 is 2.22 bits per heavy atom. The molecule has 1 aromatic carbocycles. The molecule has 3 rings (SSSR count). The molecule has 0 atom stereocenters. The van der Waals surface area contributed by atoms with Crippen LogP contribution in [0.5, 0.6) is 0 Å². The molecule has 0 fully saturated rings. The largest absolute Gasteiger partial charge is 0.366 e. The molecule has 0 bridgehead atoms. The lowest BCUT2D eigenvalue weighted by molar-refractivity contribution is 1.05. The van der Waals surface area contributed by atoms with Gasteiger partial charge in [0.25, 0.3) is 5.56 Å². The number of thiazole rings is 1. The lowest BCUT2D eigenvalue weighted by atomic mass is 10.2. The van der Waals surface area contributed by atoms with E-state index in [1.165, 1.54) is 0 Å². The number of nitrogens with zero attached hydrogens (tertiary/aromatic N) is 1. The monoisotopic (exact) mass is 257 g/mol. The van der Waals surface area contributed by atoms with Gasteiger partial charge in [0.05, 0.1) is 17.7 Å². The van der Waals surface area contributed by atoms with Gasteiger partial charge >= 0.3 is 0 Å². The summed E-state index contributed by atoms with van der Waals surface area (Å²) < 4.78 is 0. The number of pyridine rings is 1. The van der Waals surface area contributed by atoms with Gasteiger partial charge in [0, 0.05) is 10.8 Å². The summed E-state index contributed by atoms with van der Waals surface area (Å²) in [5.74, 6) is 0.715. The quantitative estimate of drug-likeness (QED) is 0.758. The van der Waals surface area contributed by atoms with Crippen molar-refractivity contribution >= 4 is 27.9 Å². The van der Waals surface area contributed by atoms with Crippen LogP contribution in [-0.2, 0) is 6.54 Å². The third-order valence-corrected chi connectivity index (χ3v) is 3.33. The maximum absolute atomic E-state index is 11.9. The molecule has 0 unspecified atom stereocenters. The highest BCUT2D eigenvalue weighted by molar-refractivity contribution is 7.07. The Morgan fingerprint density at radius 3 is 3.06 bits per heavy atom. The maximum atomic E-state index is 11.9. The molecule has 2 heterocycles. The minimum atomic E-state index is -0.0751. The van der Waals surface area contributed by atoms with E-state index in [-0.39, 0.29) is 5.56 Å². The van der Waals surface area contributed by atoms with Crippen molar-refractivity contribution in [2.75, 3.05) is 5.32 Å². The fourth-order valence-corrected chi connectivity index (χ4v) is 2.38. The SMILES string of the molecule is O=c1[nH]c(NCc2cscn2)cc2ccccc12. The molecular formula is C13H11N3OS. The average Bonchev–Trinajstić information content (AvgIpc) is 2.90. The molecule has 0 saturated carbocycles. The Morgan fingerprint density at radius 1 is 1.33 bits per heavy atom. The van der Waals surface area contributed by atoms with Crippen molar-refractivity contribution in [3.8, 4) is 0 Å². The minimum absolute atomic E-state index is 0.0751. The van der Waals surface area contributed by atoms with Crippen molar-refractivity contribution in [3.05, 3.63) is 57.3 Å². The first-order chi connectivity index (χ1) is 8.83. The predicted molar refractivity (Wildman–Crippen MR) is 74.0 cm³/mol. The maximum Gasteiger partial charge on any atom is 0.257 e. The van der Waals surface area contributed by atoms with E-state index in [4.69, 9.17) is 0 Å². The molecule has 2 N–H and O–H groups in total. The average molecular weight is 257 g/mol. The molecule has 5 heteroatoms. The van der Waals surface area contributed by atoms with Gasteiger partial charge in [0.15, 0.2) is 0 Å². The first-order valence-corrected chi connectivity index (χ1v) is 6.50. The van der Waals surface area contributed by atoms with Gasteiger partial charge in [-0.2, -0.15) is 0 Å². The van der Waals surface area contributed by atoms with Crippen molar-refractivity contribution < 1.29 is 0 Å². The summed E-state index contributed by atoms with van der Waals surface area (Å²) in [6.07, 6.45) is 0. The zero-order chi connectivity index (χ0) is 12.4. The van der Waals surface area contributed by atoms with E-state index >= 15 is 0 Å². The van der Waals surface area contributed by atoms with E-state index in [0.29, 0.717) is 17.7 Å². The summed E-state index contributed by atoms with van der Waals surface area (Å²) in [6.45, 7) is 0.609. The van der Waals surface area contributed by atoms with Crippen molar-refractivity contribution in [2.45, 2.75) is 6.54 Å². The highest BCUT2D eigenvalue weighted by Crippen LogP contribution is 2.13. The highest BCUT2D eigenvalue weighted by Gasteiger charge is 2.01. The zero-order valence-corrected chi connectivity index (χ0v) is 10.3. The lowest BCUT2D eigenvalue weighted by Crippen LogP contribution is -2.10. The minimum Gasteiger partial charge on any atom is -0.366 e. The summed E-state index contributed by atoms with van der Waals surface area (Å²) >= 11 is 1.56. The molecule has 0 aliphatic rings. The molecule has 0 aliphatic carbocycles. The molecule has 0 aliphatic heterocycles. The normalized spacial score (nSPS) is 10.7. The fraction of sp³-hybridized carbons (Fsp3) is 0.0769. The molecule has 0 saturated heterocycles. The molecule has 90 valence electrons. The lowest BCUT2D eigenvalue weighted by Gasteiger charge is -2.05. The number of hydrogen-bond donors (Lipinski definition) is 2. The predicted octanol–water partition coefficient (Wildman–Crippen LogP) is 2.60. The summed E-state index contributed by atoms with van der Waals surface area (Å²) in [4.78, 5) is 18.9. The number of anilines is 1. The molecular weight excluding hydrogens is 246 g/mol. The highest BCUT2D eigenvalue weighted by atomic mass is 32.1. The second-order valence-electron chi connectivity index (χ2n) is 3.93. The number of H-pyrrole nitrogens is 1. The van der Waals surface area contributed by atoms with Gasteiger partial charge in [-0.3, -0.25) is 4.79 Å². The number of aromatic nitrogens is 2. The zero-order valence-electron chi connectivity index (χ0n) is 9.51. The van der Waals surface area contributed by atoms with Crippen LogP contribution in [0.15, 0.2) is 46.0 Å². The van der Waals surface area contributed by atoms with Crippen LogP contribution in [0.3, 0.4) is 0 Å². The van der Waals surface area contributed by atoms with Crippen molar-refractivity contribution in [1.29, 1.82) is 0 Å². The van der Waals surface area contributed by atoms with E-state index in [2.05, 4.69) is 15.3 Å². The topological polar surface area (TPSA) is 57.8 Å². The molecule has 2 aromatic heterocycles. The first-order valence-electron chi connectivity index (χ1n) is 5.56. The van der Waals surface area contributed by atoms with Crippen LogP contribution in [0, 0.1) is 0 Å². The second-order valence-corrected chi connectivity index (χ2v) is 4.65. The Kier molecular flexibility index (Phi) is 2.82. The van der Waals surface area contributed by atoms with E-state index in [9.17, 15) is 4.79 Å². The van der Waals surface area contributed by atoms with Gasteiger partial charge in [0.1, 0.15) is 5.82 Å². The number of hydrogen-bond acceptors (Lipinski definition) is 4. The number of benzene rings is 1. The molecule has 0 spiro atoms. The van der Waals surface area contributed by atoms with E-state index in [1.807, 2.05) is 35.7 Å². The number of aromatic amines is 1. The van der Waals surface area contributed by atoms with Gasteiger partial charge in [-0.1, -0.05) is 18.2 Å². The second kappa shape index (κ2) is 4.62. The molecule has 18 heavy (non-hydrogen) atoms. The van der Waals surface area contributed by atoms with Crippen LogP contribution in [-0.4, -0.2) is 9.97 Å². The van der Waals surface area contributed by atoms with Crippen LogP contribution >= 0.6 is 11.3 Å². The smallest absolute Gasteiger partial charge is 0.257 e. The molecule has 0 radical (unpaired) electrons. The first kappa shape index (κ1) is 11.0. The van der Waals surface area contributed by atoms with Crippen LogP contribution in [0.1, 0.15) is 5.69 Å². The fourth-order valence-electron chi connectivity index (χ4n) is 1.82. The Bertz CT molecular complexity index is 718. The standard InChI is InChI=1S/C13H11N3OS/c17-13-11-4-2-1-3-9(11)5-12(16-13)14-6-10-7-18-8-15-10/h1-5,7-8H,6H2,(H2,14,16,17). The van der Waals surface area contributed by atoms with Crippen molar-refractivity contribution in [1.82, 2.24) is 9.97 Å². The molecule has 0 amide bonds. The Balaban J connectivity index is 1.91. The van der Waals surface area contributed by atoms with E-state index in [0.717, 1.165) is 11.1 Å². The third kappa shape index (κ3) is 2.12. The van der Waals surface area contributed by atoms with Crippen LogP contribution in [0.25, 0.3) is 10.8 Å².